The minimum atomic E-state index is 0.274. The Morgan fingerprint density at radius 3 is 3.00 bits per heavy atom. The maximum Gasteiger partial charge on any atom is 0.223 e. The minimum Gasteiger partial charge on any atom is -0.383 e. The Hall–Kier alpha value is -1.34. The van der Waals surface area contributed by atoms with Gasteiger partial charge in [0.15, 0.2) is 5.65 Å². The lowest BCUT2D eigenvalue weighted by atomic mass is 10.5. The highest BCUT2D eigenvalue weighted by molar-refractivity contribution is 7.98. The van der Waals surface area contributed by atoms with Crippen LogP contribution in [0.3, 0.4) is 0 Å². The smallest absolute Gasteiger partial charge is 0.223 e. The summed E-state index contributed by atoms with van der Waals surface area (Å²) in [5, 5.41) is 0.804. The van der Waals surface area contributed by atoms with Crippen LogP contribution in [0.5, 0.6) is 0 Å². The van der Waals surface area contributed by atoms with Crippen LogP contribution in [-0.2, 0) is 11.3 Å². The number of hydrogen-bond donors (Lipinski definition) is 1. The molecule has 2 aromatic heterocycles. The molecule has 0 aliphatic rings. The zero-order valence-corrected chi connectivity index (χ0v) is 9.99. The summed E-state index contributed by atoms with van der Waals surface area (Å²) >= 11 is 1.51. The number of hydrogen-bond acceptors (Lipinski definition) is 6. The van der Waals surface area contributed by atoms with Crippen LogP contribution in [0.15, 0.2) is 11.4 Å². The summed E-state index contributed by atoms with van der Waals surface area (Å²) in [6.07, 6.45) is 3.67. The van der Waals surface area contributed by atoms with Gasteiger partial charge in [-0.1, -0.05) is 0 Å². The molecule has 7 heteroatoms. The van der Waals surface area contributed by atoms with Gasteiger partial charge in [0, 0.05) is 13.7 Å². The SMILES string of the molecule is COCCn1cnc2c(SC)nc(N)nc21. The van der Waals surface area contributed by atoms with E-state index in [4.69, 9.17) is 10.5 Å². The summed E-state index contributed by atoms with van der Waals surface area (Å²) in [6, 6.07) is 0. The van der Waals surface area contributed by atoms with E-state index in [1.165, 1.54) is 11.8 Å². The molecule has 0 saturated heterocycles. The Balaban J connectivity index is 2.49. The van der Waals surface area contributed by atoms with Crippen molar-refractivity contribution in [2.75, 3.05) is 25.7 Å². The van der Waals surface area contributed by atoms with Crippen LogP contribution < -0.4 is 5.73 Å². The summed E-state index contributed by atoms with van der Waals surface area (Å²) in [5.74, 6) is 0.274. The molecule has 0 atom stereocenters. The zero-order chi connectivity index (χ0) is 11.5. The van der Waals surface area contributed by atoms with Crippen molar-refractivity contribution in [3.63, 3.8) is 0 Å². The lowest BCUT2D eigenvalue weighted by Crippen LogP contribution is -2.05. The molecule has 86 valence electrons. The van der Waals surface area contributed by atoms with Gasteiger partial charge in [0.1, 0.15) is 10.5 Å². The van der Waals surface area contributed by atoms with Gasteiger partial charge in [-0.05, 0) is 6.26 Å². The van der Waals surface area contributed by atoms with Crippen LogP contribution in [0.2, 0.25) is 0 Å². The Morgan fingerprint density at radius 1 is 1.50 bits per heavy atom. The summed E-state index contributed by atoms with van der Waals surface area (Å²) in [6.45, 7) is 1.32. The first-order valence-electron chi connectivity index (χ1n) is 4.77. The van der Waals surface area contributed by atoms with Crippen LogP contribution in [0, 0.1) is 0 Å². The quantitative estimate of drug-likeness (QED) is 0.627. The van der Waals surface area contributed by atoms with Gasteiger partial charge in [0.05, 0.1) is 12.9 Å². The number of aromatic nitrogens is 4. The predicted octanol–water partition coefficient (Wildman–Crippen LogP) is 0.777. The molecule has 0 saturated carbocycles. The number of imidazole rings is 1. The highest BCUT2D eigenvalue weighted by atomic mass is 32.2. The molecule has 0 bridgehead atoms. The van der Waals surface area contributed by atoms with Crippen LogP contribution in [0.25, 0.3) is 11.2 Å². The molecule has 0 unspecified atom stereocenters. The van der Waals surface area contributed by atoms with Gasteiger partial charge in [0.2, 0.25) is 5.95 Å². The summed E-state index contributed by atoms with van der Waals surface area (Å²) in [4.78, 5) is 12.6. The second-order valence-corrected chi connectivity index (χ2v) is 3.99. The molecule has 2 heterocycles. The first-order valence-corrected chi connectivity index (χ1v) is 6.00. The molecule has 0 spiro atoms. The number of nitrogens with zero attached hydrogens (tertiary/aromatic N) is 4. The maximum absolute atomic E-state index is 5.65. The summed E-state index contributed by atoms with van der Waals surface area (Å²) in [5.41, 5.74) is 7.20. The standard InChI is InChI=1S/C9H13N5OS/c1-15-4-3-14-5-11-6-7(14)12-9(10)13-8(6)16-2/h5H,3-4H2,1-2H3,(H2,10,12,13). The van der Waals surface area contributed by atoms with Crippen LogP contribution in [0.1, 0.15) is 0 Å². The maximum atomic E-state index is 5.65. The van der Waals surface area contributed by atoms with E-state index >= 15 is 0 Å². The van der Waals surface area contributed by atoms with Gasteiger partial charge in [-0.3, -0.25) is 0 Å². The van der Waals surface area contributed by atoms with E-state index in [2.05, 4.69) is 15.0 Å². The number of thioether (sulfide) groups is 1. The summed E-state index contributed by atoms with van der Waals surface area (Å²) in [7, 11) is 1.66. The average molecular weight is 239 g/mol. The van der Waals surface area contributed by atoms with Crippen LogP contribution >= 0.6 is 11.8 Å². The van der Waals surface area contributed by atoms with Crippen molar-refractivity contribution in [1.82, 2.24) is 19.5 Å². The van der Waals surface area contributed by atoms with Crippen molar-refractivity contribution >= 4 is 28.9 Å². The van der Waals surface area contributed by atoms with Crippen molar-refractivity contribution in [2.45, 2.75) is 11.6 Å². The van der Waals surface area contributed by atoms with E-state index in [1.54, 1.807) is 13.4 Å². The first-order chi connectivity index (χ1) is 7.76. The van der Waals surface area contributed by atoms with Gasteiger partial charge in [-0.25, -0.2) is 9.97 Å². The highest BCUT2D eigenvalue weighted by Gasteiger charge is 2.10. The number of nitrogen functional groups attached to an aromatic ring is 1. The fourth-order valence-corrected chi connectivity index (χ4v) is 1.95. The molecular formula is C9H13N5OS. The van der Waals surface area contributed by atoms with E-state index < -0.39 is 0 Å². The molecule has 2 N–H and O–H groups in total. The van der Waals surface area contributed by atoms with E-state index in [9.17, 15) is 0 Å². The third-order valence-electron chi connectivity index (χ3n) is 2.18. The third kappa shape index (κ3) is 1.96. The number of fused-ring (bicyclic) bond motifs is 1. The lowest BCUT2D eigenvalue weighted by molar-refractivity contribution is 0.188. The van der Waals surface area contributed by atoms with Crippen LogP contribution in [0.4, 0.5) is 5.95 Å². The molecule has 16 heavy (non-hydrogen) atoms. The first kappa shape index (κ1) is 11.2. The van der Waals surface area contributed by atoms with Gasteiger partial charge in [-0.15, -0.1) is 11.8 Å². The van der Waals surface area contributed by atoms with Crippen molar-refractivity contribution in [2.24, 2.45) is 0 Å². The fraction of sp³-hybridized carbons (Fsp3) is 0.444. The van der Waals surface area contributed by atoms with Gasteiger partial charge < -0.3 is 15.0 Å². The molecule has 2 aromatic rings. The monoisotopic (exact) mass is 239 g/mol. The normalized spacial score (nSPS) is 11.1. The van der Waals surface area contributed by atoms with E-state index in [0.29, 0.717) is 13.2 Å². The number of methoxy groups -OCH3 is 1. The van der Waals surface area contributed by atoms with Gasteiger partial charge >= 0.3 is 0 Å². The number of nitrogens with two attached hydrogens (primary N) is 1. The second kappa shape index (κ2) is 4.67. The van der Waals surface area contributed by atoms with Crippen molar-refractivity contribution in [3.05, 3.63) is 6.33 Å². The number of rotatable bonds is 4. The molecule has 6 nitrogen and oxygen atoms in total. The molecule has 0 radical (unpaired) electrons. The average Bonchev–Trinajstić information content (AvgIpc) is 2.68. The molecule has 0 amide bonds. The van der Waals surface area contributed by atoms with Crippen molar-refractivity contribution < 1.29 is 4.74 Å². The second-order valence-electron chi connectivity index (χ2n) is 3.19. The highest BCUT2D eigenvalue weighted by Crippen LogP contribution is 2.22. The van der Waals surface area contributed by atoms with Crippen molar-refractivity contribution in [3.8, 4) is 0 Å². The molecular weight excluding hydrogens is 226 g/mol. The number of ether oxygens (including phenoxy) is 1. The molecule has 0 fully saturated rings. The third-order valence-corrected chi connectivity index (χ3v) is 2.85. The van der Waals surface area contributed by atoms with Crippen molar-refractivity contribution in [1.29, 1.82) is 0 Å². The summed E-state index contributed by atoms with van der Waals surface area (Å²) < 4.78 is 6.94. The molecule has 0 aromatic carbocycles. The molecule has 0 aliphatic heterocycles. The zero-order valence-electron chi connectivity index (χ0n) is 9.17. The lowest BCUT2D eigenvalue weighted by Gasteiger charge is -2.03. The van der Waals surface area contributed by atoms with E-state index in [1.807, 2.05) is 10.8 Å². The predicted molar refractivity (Wildman–Crippen MR) is 63.4 cm³/mol. The Labute approximate surface area is 97.2 Å². The van der Waals surface area contributed by atoms with Gasteiger partial charge in [0.25, 0.3) is 0 Å². The molecule has 2 rings (SSSR count). The van der Waals surface area contributed by atoms with Gasteiger partial charge in [-0.2, -0.15) is 4.98 Å². The van der Waals surface area contributed by atoms with E-state index in [-0.39, 0.29) is 5.95 Å². The fourth-order valence-electron chi connectivity index (χ4n) is 1.43. The Kier molecular flexibility index (Phi) is 3.25. The number of anilines is 1. The van der Waals surface area contributed by atoms with Crippen LogP contribution in [-0.4, -0.2) is 39.5 Å². The largest absolute Gasteiger partial charge is 0.383 e. The molecule has 0 aliphatic carbocycles. The Bertz CT molecular complexity index is 498. The minimum absolute atomic E-state index is 0.274. The Morgan fingerprint density at radius 2 is 2.31 bits per heavy atom. The van der Waals surface area contributed by atoms with E-state index in [0.717, 1.165) is 16.2 Å². The topological polar surface area (TPSA) is 78.8 Å².